The lowest BCUT2D eigenvalue weighted by molar-refractivity contribution is -0.137. The molecule has 0 bridgehead atoms. The van der Waals surface area contributed by atoms with E-state index in [4.69, 9.17) is 11.6 Å². The van der Waals surface area contributed by atoms with Gasteiger partial charge in [-0.3, -0.25) is 4.98 Å². The van der Waals surface area contributed by atoms with Crippen LogP contribution < -0.4 is 5.32 Å². The van der Waals surface area contributed by atoms with Gasteiger partial charge in [-0.2, -0.15) is 13.2 Å². The van der Waals surface area contributed by atoms with Gasteiger partial charge < -0.3 is 10.2 Å². The molecule has 2 amide bonds. The third-order valence-corrected chi connectivity index (χ3v) is 6.13. The summed E-state index contributed by atoms with van der Waals surface area (Å²) in [4.78, 5) is 19.2. The number of hydrogen-bond acceptors (Lipinski definition) is 2. The number of rotatable bonds is 5. The predicted octanol–water partition coefficient (Wildman–Crippen LogP) is 6.18. The molecule has 4 nitrogen and oxygen atoms in total. The average Bonchev–Trinajstić information content (AvgIpc) is 3.34. The van der Waals surface area contributed by atoms with Crippen molar-refractivity contribution in [2.75, 3.05) is 13.1 Å². The van der Waals surface area contributed by atoms with Crippen molar-refractivity contribution in [1.82, 2.24) is 15.2 Å². The van der Waals surface area contributed by atoms with Crippen molar-refractivity contribution in [2.45, 2.75) is 31.0 Å². The van der Waals surface area contributed by atoms with Crippen molar-refractivity contribution in [3.8, 4) is 0 Å². The van der Waals surface area contributed by atoms with Gasteiger partial charge in [0.05, 0.1) is 16.3 Å². The largest absolute Gasteiger partial charge is 0.416 e. The van der Waals surface area contributed by atoms with Crippen molar-refractivity contribution >= 4 is 17.6 Å². The number of benzene rings is 2. The van der Waals surface area contributed by atoms with E-state index in [-0.39, 0.29) is 17.7 Å². The number of carbonyl (C=O) groups excluding carboxylic acids is 1. The average molecular weight is 492 g/mol. The molecule has 1 fully saturated rings. The van der Waals surface area contributed by atoms with E-state index in [1.165, 1.54) is 18.3 Å². The van der Waals surface area contributed by atoms with Crippen molar-refractivity contribution < 1.29 is 22.4 Å². The van der Waals surface area contributed by atoms with Gasteiger partial charge in [0.1, 0.15) is 11.4 Å². The van der Waals surface area contributed by atoms with E-state index in [9.17, 15) is 22.4 Å². The second kappa shape index (κ2) is 9.62. The van der Waals surface area contributed by atoms with Gasteiger partial charge in [-0.25, -0.2) is 9.18 Å². The summed E-state index contributed by atoms with van der Waals surface area (Å²) < 4.78 is 55.5. The molecule has 1 aliphatic rings. The summed E-state index contributed by atoms with van der Waals surface area (Å²) in [6.45, 7) is 1.05. The summed E-state index contributed by atoms with van der Waals surface area (Å²) in [7, 11) is 0. The molecule has 178 valence electrons. The van der Waals surface area contributed by atoms with Crippen LogP contribution in [-0.2, 0) is 18.1 Å². The quantitative estimate of drug-likeness (QED) is 0.433. The maximum atomic E-state index is 14.6. The fourth-order valence-electron chi connectivity index (χ4n) is 4.23. The Morgan fingerprint density at radius 3 is 2.29 bits per heavy atom. The van der Waals surface area contributed by atoms with Crippen molar-refractivity contribution in [2.24, 2.45) is 0 Å². The van der Waals surface area contributed by atoms with Crippen LogP contribution >= 0.6 is 11.6 Å². The maximum absolute atomic E-state index is 14.6. The molecule has 1 N–H and O–H groups in total. The molecule has 0 radical (unpaired) electrons. The summed E-state index contributed by atoms with van der Waals surface area (Å²) in [5.74, 6) is -1.06. The molecule has 0 spiro atoms. The Morgan fingerprint density at radius 1 is 1.00 bits per heavy atom. The number of likely N-dealkylation sites (tertiary alicyclic amines) is 1. The Hall–Kier alpha value is -3.13. The smallest absolute Gasteiger partial charge is 0.325 e. The number of nitrogens with zero attached hydrogens (tertiary/aromatic N) is 2. The molecule has 1 aromatic heterocycles. The van der Waals surface area contributed by atoms with E-state index in [1.54, 1.807) is 35.2 Å². The van der Waals surface area contributed by atoms with Gasteiger partial charge in [0.2, 0.25) is 0 Å². The highest BCUT2D eigenvalue weighted by molar-refractivity contribution is 6.30. The van der Waals surface area contributed by atoms with Crippen LogP contribution in [0.2, 0.25) is 5.02 Å². The van der Waals surface area contributed by atoms with Gasteiger partial charge in [-0.05, 0) is 54.3 Å². The van der Waals surface area contributed by atoms with Gasteiger partial charge in [-0.15, -0.1) is 0 Å². The molecular formula is C25H22ClF4N3O. The highest BCUT2D eigenvalue weighted by Crippen LogP contribution is 2.38. The number of urea groups is 1. The third-order valence-electron chi connectivity index (χ3n) is 5.91. The third kappa shape index (κ3) is 5.17. The molecule has 1 atom stereocenters. The minimum atomic E-state index is -4.78. The van der Waals surface area contributed by atoms with Crippen LogP contribution in [0.1, 0.15) is 35.2 Å². The molecule has 4 rings (SSSR count). The molecule has 9 heteroatoms. The first-order chi connectivity index (χ1) is 16.2. The van der Waals surface area contributed by atoms with E-state index >= 15 is 0 Å². The molecule has 1 unspecified atom stereocenters. The van der Waals surface area contributed by atoms with Crippen LogP contribution in [0.15, 0.2) is 66.9 Å². The van der Waals surface area contributed by atoms with Gasteiger partial charge >= 0.3 is 12.2 Å². The Labute approximate surface area is 199 Å². The Kier molecular flexibility index (Phi) is 6.79. The number of halogens is 5. The first kappa shape index (κ1) is 24.0. The van der Waals surface area contributed by atoms with Crippen LogP contribution in [0.25, 0.3) is 0 Å². The SMILES string of the molecule is O=C(NC(Cc1ccccc1)(c1cc(F)cc(C(F)(F)F)c1)c1ccc(Cl)cn1)N1CCCC1. The molecule has 0 aliphatic carbocycles. The van der Waals surface area contributed by atoms with E-state index in [0.29, 0.717) is 24.2 Å². The molecule has 1 aliphatic heterocycles. The lowest BCUT2D eigenvalue weighted by Gasteiger charge is -2.37. The zero-order valence-corrected chi connectivity index (χ0v) is 18.8. The summed E-state index contributed by atoms with van der Waals surface area (Å²) in [6, 6.07) is 13.9. The molecule has 0 saturated carbocycles. The van der Waals surface area contributed by atoms with Crippen molar-refractivity contribution in [3.05, 3.63) is 100 Å². The molecule has 2 aromatic carbocycles. The molecule has 3 aromatic rings. The second-order valence-electron chi connectivity index (χ2n) is 8.28. The topological polar surface area (TPSA) is 45.2 Å². The number of pyridine rings is 1. The summed E-state index contributed by atoms with van der Waals surface area (Å²) in [5.41, 5.74) is -1.84. The number of hydrogen-bond donors (Lipinski definition) is 1. The predicted molar refractivity (Wildman–Crippen MR) is 121 cm³/mol. The summed E-state index contributed by atoms with van der Waals surface area (Å²) >= 11 is 6.02. The van der Waals surface area contributed by atoms with Crippen LogP contribution in [0.3, 0.4) is 0 Å². The first-order valence-corrected chi connectivity index (χ1v) is 11.2. The zero-order chi connectivity index (χ0) is 24.3. The monoisotopic (exact) mass is 491 g/mol. The molecule has 2 heterocycles. The molecule has 34 heavy (non-hydrogen) atoms. The first-order valence-electron chi connectivity index (χ1n) is 10.8. The number of carbonyl (C=O) groups is 1. The number of amides is 2. The zero-order valence-electron chi connectivity index (χ0n) is 18.1. The normalized spacial score (nSPS) is 15.7. The lowest BCUT2D eigenvalue weighted by Crippen LogP contribution is -2.53. The Balaban J connectivity index is 1.94. The van der Waals surface area contributed by atoms with Gasteiger partial charge in [0.25, 0.3) is 0 Å². The van der Waals surface area contributed by atoms with E-state index in [0.717, 1.165) is 30.5 Å². The lowest BCUT2D eigenvalue weighted by atomic mass is 9.79. The van der Waals surface area contributed by atoms with E-state index < -0.39 is 29.1 Å². The minimum Gasteiger partial charge on any atom is -0.325 e. The summed E-state index contributed by atoms with van der Waals surface area (Å²) in [5, 5.41) is 3.24. The fraction of sp³-hybridized carbons (Fsp3) is 0.280. The van der Waals surface area contributed by atoms with Crippen LogP contribution in [-0.4, -0.2) is 29.0 Å². The van der Waals surface area contributed by atoms with Crippen LogP contribution in [0.5, 0.6) is 0 Å². The number of nitrogens with one attached hydrogen (secondary N) is 1. The fourth-order valence-corrected chi connectivity index (χ4v) is 4.34. The van der Waals surface area contributed by atoms with Crippen molar-refractivity contribution in [1.29, 1.82) is 0 Å². The van der Waals surface area contributed by atoms with Gasteiger partial charge in [-0.1, -0.05) is 41.9 Å². The highest BCUT2D eigenvalue weighted by Gasteiger charge is 2.41. The number of alkyl halides is 3. The second-order valence-corrected chi connectivity index (χ2v) is 8.72. The minimum absolute atomic E-state index is 0.0444. The number of aromatic nitrogens is 1. The highest BCUT2D eigenvalue weighted by atomic mass is 35.5. The standard InChI is InChI=1S/C25H22ClF4N3O/c26-20-8-9-22(31-16-20)24(15-17-6-2-1-3-7-17,32-23(34)33-10-4-5-11-33)18-12-19(25(28,29)30)14-21(27)13-18/h1-3,6-9,12-14,16H,4-5,10-11,15H2,(H,32,34). The van der Waals surface area contributed by atoms with Gasteiger partial charge in [0.15, 0.2) is 0 Å². The molecular weight excluding hydrogens is 470 g/mol. The maximum Gasteiger partial charge on any atom is 0.416 e. The Morgan fingerprint density at radius 2 is 1.68 bits per heavy atom. The van der Waals surface area contributed by atoms with Crippen LogP contribution in [0, 0.1) is 5.82 Å². The van der Waals surface area contributed by atoms with Gasteiger partial charge in [0, 0.05) is 25.7 Å². The van der Waals surface area contributed by atoms with E-state index in [2.05, 4.69) is 10.3 Å². The van der Waals surface area contributed by atoms with Crippen LogP contribution in [0.4, 0.5) is 22.4 Å². The van der Waals surface area contributed by atoms with Crippen molar-refractivity contribution in [3.63, 3.8) is 0 Å². The summed E-state index contributed by atoms with van der Waals surface area (Å²) in [6.07, 6.45) is -1.72. The van der Waals surface area contributed by atoms with E-state index in [1.807, 2.05) is 0 Å². The Bertz CT molecular complexity index is 1150. The molecule has 1 saturated heterocycles.